The predicted molar refractivity (Wildman–Crippen MR) is 266 cm³/mol. The average Bonchev–Trinajstić information content (AvgIpc) is 3.86. The van der Waals surface area contributed by atoms with E-state index in [1.807, 2.05) is 66.7 Å². The summed E-state index contributed by atoms with van der Waals surface area (Å²) >= 11 is 13.4. The normalized spacial score (nSPS) is 26.6. The summed E-state index contributed by atoms with van der Waals surface area (Å²) < 4.78 is 15.7. The van der Waals surface area contributed by atoms with E-state index in [0.717, 1.165) is 75.6 Å². The van der Waals surface area contributed by atoms with Crippen LogP contribution in [-0.2, 0) is 25.5 Å². The van der Waals surface area contributed by atoms with Crippen LogP contribution in [0, 0.1) is 10.8 Å². The SMILES string of the molecule is CC[C@]12C=C(C(=O)OC)c3c(C[C@H]4Nc5ccc(Cl)cc5C(Nc5ccc(Cl)cc5)[C@@H]4c4c5n(c6ccccc46)[C@H]4N(O)CCC[C@@]4(CC)C=C5C(=O)OC)c4ccccc4n3[C@H]1N(O)CCC2. The number of para-hydroxylation sites is 2. The van der Waals surface area contributed by atoms with E-state index in [0.29, 0.717) is 64.9 Å². The number of carbonyl (C=O) groups is 2. The molecule has 2 aromatic heterocycles. The number of nitrogens with zero attached hydrogens (tertiary/aromatic N) is 4. The number of hydroxylamine groups is 4. The van der Waals surface area contributed by atoms with Gasteiger partial charge in [-0.15, -0.1) is 0 Å². The van der Waals surface area contributed by atoms with E-state index < -0.39 is 53.1 Å². The smallest absolute Gasteiger partial charge is 0.339 e. The highest BCUT2D eigenvalue weighted by Gasteiger charge is 2.53. The highest BCUT2D eigenvalue weighted by Crippen LogP contribution is 2.59. The number of benzene rings is 4. The molecule has 0 saturated carbocycles. The fourth-order valence-corrected chi connectivity index (χ4v) is 13.3. The van der Waals surface area contributed by atoms with E-state index in [4.69, 9.17) is 32.7 Å². The first-order valence-electron chi connectivity index (χ1n) is 23.8. The number of nitrogens with one attached hydrogen (secondary N) is 2. The highest BCUT2D eigenvalue weighted by molar-refractivity contribution is 6.31. The summed E-state index contributed by atoms with van der Waals surface area (Å²) in [4.78, 5) is 28.9. The van der Waals surface area contributed by atoms with Crippen molar-refractivity contribution in [1.82, 2.24) is 19.3 Å². The van der Waals surface area contributed by atoms with E-state index in [1.54, 1.807) is 0 Å². The Balaban J connectivity index is 1.22. The zero-order valence-corrected chi connectivity index (χ0v) is 40.1. The molecular weight excluding hydrogens is 900 g/mol. The minimum atomic E-state index is -0.567. The first kappa shape index (κ1) is 44.9. The van der Waals surface area contributed by atoms with Crippen LogP contribution in [-0.4, -0.2) is 75.0 Å². The molecule has 0 amide bonds. The molecule has 0 bridgehead atoms. The van der Waals surface area contributed by atoms with E-state index >= 15 is 0 Å². The summed E-state index contributed by atoms with van der Waals surface area (Å²) in [6, 6.07) is 29.1. The van der Waals surface area contributed by atoms with Crippen LogP contribution in [0.4, 0.5) is 11.4 Å². The number of halogens is 2. The Hall–Kier alpha value is -5.60. The van der Waals surface area contributed by atoms with Crippen LogP contribution in [0.15, 0.2) is 103 Å². The number of methoxy groups -OCH3 is 2. The predicted octanol–water partition coefficient (Wildman–Crippen LogP) is 11.8. The van der Waals surface area contributed by atoms with Crippen molar-refractivity contribution in [3.8, 4) is 0 Å². The van der Waals surface area contributed by atoms with Crippen LogP contribution < -0.4 is 10.6 Å². The fourth-order valence-electron chi connectivity index (χ4n) is 13.0. The van der Waals surface area contributed by atoms with Gasteiger partial charge in [0, 0.05) is 68.1 Å². The van der Waals surface area contributed by atoms with Gasteiger partial charge in [0.05, 0.1) is 53.8 Å². The summed E-state index contributed by atoms with van der Waals surface area (Å²) in [7, 11) is 2.85. The number of esters is 2. The van der Waals surface area contributed by atoms with E-state index in [2.05, 4.69) is 70.0 Å². The van der Waals surface area contributed by atoms with Gasteiger partial charge in [-0.3, -0.25) is 0 Å². The van der Waals surface area contributed by atoms with Gasteiger partial charge in [-0.25, -0.2) is 9.59 Å². The van der Waals surface area contributed by atoms with Gasteiger partial charge in [-0.2, -0.15) is 10.1 Å². The molecule has 4 aromatic carbocycles. The van der Waals surface area contributed by atoms with Gasteiger partial charge in [0.1, 0.15) is 12.3 Å². The van der Waals surface area contributed by atoms with E-state index in [-0.39, 0.29) is 0 Å². The van der Waals surface area contributed by atoms with Gasteiger partial charge in [-0.1, -0.05) is 85.6 Å². The summed E-state index contributed by atoms with van der Waals surface area (Å²) in [6.07, 6.45) is 8.08. The van der Waals surface area contributed by atoms with Crippen molar-refractivity contribution in [2.75, 3.05) is 37.9 Å². The maximum absolute atomic E-state index is 14.6. The summed E-state index contributed by atoms with van der Waals surface area (Å²) in [5.74, 6) is -1.37. The molecule has 6 aromatic rings. The maximum atomic E-state index is 14.6. The lowest BCUT2D eigenvalue weighted by atomic mass is 9.70. The molecule has 4 N–H and O–H groups in total. The van der Waals surface area contributed by atoms with Crippen molar-refractivity contribution in [3.05, 3.63) is 141 Å². The van der Waals surface area contributed by atoms with Crippen molar-refractivity contribution in [3.63, 3.8) is 0 Å². The number of rotatable bonds is 9. The first-order chi connectivity index (χ1) is 33.0. The minimum Gasteiger partial charge on any atom is -0.465 e. The molecule has 7 atom stereocenters. The zero-order chi connectivity index (χ0) is 47.2. The monoisotopic (exact) mass is 954 g/mol. The highest BCUT2D eigenvalue weighted by atomic mass is 35.5. The third kappa shape index (κ3) is 6.77. The fraction of sp³-hybridized carbons (Fsp3) is 0.370. The maximum Gasteiger partial charge on any atom is 0.339 e. The number of hydrogen-bond donors (Lipinski definition) is 4. The van der Waals surface area contributed by atoms with Crippen LogP contribution >= 0.6 is 23.2 Å². The molecule has 352 valence electrons. The molecule has 0 aliphatic carbocycles. The van der Waals surface area contributed by atoms with Crippen LogP contribution in [0.2, 0.25) is 10.0 Å². The number of anilines is 2. The van der Waals surface area contributed by atoms with Crippen LogP contribution in [0.1, 0.15) is 105 Å². The molecule has 0 spiro atoms. The third-order valence-corrected chi connectivity index (χ3v) is 16.5. The Morgan fingerprint density at radius 3 is 1.88 bits per heavy atom. The van der Waals surface area contributed by atoms with Gasteiger partial charge in [0.25, 0.3) is 0 Å². The molecule has 5 aliphatic heterocycles. The molecule has 2 saturated heterocycles. The molecule has 14 heteroatoms. The average molecular weight is 956 g/mol. The summed E-state index contributed by atoms with van der Waals surface area (Å²) in [5.41, 5.74) is 7.46. The second kappa shape index (κ2) is 17.1. The third-order valence-electron chi connectivity index (χ3n) is 16.0. The molecule has 7 heterocycles. The lowest BCUT2D eigenvalue weighted by Crippen LogP contribution is -2.49. The second-order valence-corrected chi connectivity index (χ2v) is 20.1. The van der Waals surface area contributed by atoms with Gasteiger partial charge in [0.2, 0.25) is 0 Å². The van der Waals surface area contributed by atoms with Gasteiger partial charge in [0.15, 0.2) is 0 Å². The van der Waals surface area contributed by atoms with Gasteiger partial charge < -0.3 is 39.7 Å². The Labute approximate surface area is 405 Å². The standard InChI is InChI=1S/C54H56Cl2N6O6/c1-5-53-23-11-25-59(65)51(53)61-42-15-9-7-13-34(42)36(47(61)38(29-53)49(63)67-3)28-41-45(46(57-33-20-17-31(55)18-21-33)37-27-32(56)19-22-40(37)58-41)44-35-14-8-10-16-43(35)62-48(44)39(50(64)68-4)30-54(6-2)24-12-26-60(66)52(54)62/h7-10,13-22,27,29-30,41,45-46,51-52,57-58,65-66H,5-6,11-12,23-26,28H2,1-4H3/t41-,45+,46?,51-,52-,53+,54+/m1/s1. The Bertz CT molecular complexity index is 3070. The molecule has 1 unspecified atom stereocenters. The number of ether oxygens (including phenoxy) is 2. The van der Waals surface area contributed by atoms with Crippen LogP contribution in [0.3, 0.4) is 0 Å². The van der Waals surface area contributed by atoms with Gasteiger partial charge in [-0.05, 0) is 116 Å². The Morgan fingerprint density at radius 1 is 0.735 bits per heavy atom. The number of fused-ring (bicyclic) bond motifs is 11. The lowest BCUT2D eigenvalue weighted by Gasteiger charge is -2.50. The lowest BCUT2D eigenvalue weighted by molar-refractivity contribution is -0.203. The summed E-state index contributed by atoms with van der Waals surface area (Å²) in [5, 5.41) is 37.9. The van der Waals surface area contributed by atoms with Crippen molar-refractivity contribution in [2.45, 2.75) is 89.1 Å². The van der Waals surface area contributed by atoms with E-state index in [1.165, 1.54) is 24.3 Å². The largest absolute Gasteiger partial charge is 0.465 e. The van der Waals surface area contributed by atoms with Crippen LogP contribution in [0.5, 0.6) is 0 Å². The number of carbonyl (C=O) groups excluding carboxylic acids is 2. The van der Waals surface area contributed by atoms with Gasteiger partial charge >= 0.3 is 11.9 Å². The number of piperidine rings is 2. The quantitative estimate of drug-likeness (QED) is 0.104. The number of aromatic nitrogens is 2. The molecule has 68 heavy (non-hydrogen) atoms. The van der Waals surface area contributed by atoms with Crippen molar-refractivity contribution >= 4 is 79.5 Å². The Morgan fingerprint density at radius 2 is 1.28 bits per heavy atom. The molecule has 2 fully saturated rings. The molecule has 5 aliphatic rings. The van der Waals surface area contributed by atoms with Crippen molar-refractivity contribution < 1.29 is 29.5 Å². The van der Waals surface area contributed by atoms with Crippen molar-refractivity contribution in [1.29, 1.82) is 0 Å². The topological polar surface area (TPSA) is 133 Å². The van der Waals surface area contributed by atoms with E-state index in [9.17, 15) is 20.0 Å². The van der Waals surface area contributed by atoms with Crippen LogP contribution in [0.25, 0.3) is 33.0 Å². The minimum absolute atomic E-state index is 0.394. The number of hydrogen-bond acceptors (Lipinski definition) is 10. The zero-order valence-electron chi connectivity index (χ0n) is 38.6. The summed E-state index contributed by atoms with van der Waals surface area (Å²) in [6.45, 7) is 5.21. The Kier molecular flexibility index (Phi) is 11.3. The molecule has 11 rings (SSSR count). The first-order valence-corrected chi connectivity index (χ1v) is 24.6. The van der Waals surface area contributed by atoms with Crippen molar-refractivity contribution in [2.24, 2.45) is 10.8 Å². The molecular formula is C54H56Cl2N6O6. The second-order valence-electron chi connectivity index (χ2n) is 19.3. The molecule has 0 radical (unpaired) electrons. The molecule has 12 nitrogen and oxygen atoms in total.